The summed E-state index contributed by atoms with van der Waals surface area (Å²) in [5.74, 6) is 1.62. The van der Waals surface area contributed by atoms with Gasteiger partial charge in [-0.05, 0) is 65.9 Å². The molecule has 0 saturated carbocycles. The smallest absolute Gasteiger partial charge is 0.222 e. The molecular formula is C29H31BrN6O3. The van der Waals surface area contributed by atoms with Crippen molar-refractivity contribution in [3.8, 4) is 28.1 Å². The molecule has 2 unspecified atom stereocenters. The molecule has 3 N–H and O–H groups in total. The topological polar surface area (TPSA) is 119 Å². The summed E-state index contributed by atoms with van der Waals surface area (Å²) in [7, 11) is 1.59. The van der Waals surface area contributed by atoms with Gasteiger partial charge in [0.2, 0.25) is 5.91 Å². The first-order valence-electron chi connectivity index (χ1n) is 13.3. The number of aliphatic hydroxyl groups excluding tert-OH is 1. The number of ether oxygens (including phenoxy) is 1. The van der Waals surface area contributed by atoms with Gasteiger partial charge in [-0.15, -0.1) is 0 Å². The maximum Gasteiger partial charge on any atom is 0.222 e. The van der Waals surface area contributed by atoms with E-state index >= 15 is 0 Å². The summed E-state index contributed by atoms with van der Waals surface area (Å²) >= 11 is 3.71. The highest BCUT2D eigenvalue weighted by molar-refractivity contribution is 9.10. The molecule has 6 rings (SSSR count). The summed E-state index contributed by atoms with van der Waals surface area (Å²) in [6.45, 7) is 1.82. The number of nitrogens with two attached hydrogens (primary N) is 1. The maximum atomic E-state index is 12.6. The minimum Gasteiger partial charge on any atom is -0.496 e. The fourth-order valence-corrected chi connectivity index (χ4v) is 6.84. The van der Waals surface area contributed by atoms with E-state index in [4.69, 9.17) is 20.4 Å². The van der Waals surface area contributed by atoms with E-state index in [-0.39, 0.29) is 30.5 Å². The van der Waals surface area contributed by atoms with Gasteiger partial charge in [0.15, 0.2) is 5.65 Å². The molecule has 3 aromatic heterocycles. The fraction of sp³-hybridized carbons (Fsp3) is 0.379. The molecule has 0 aliphatic carbocycles. The number of rotatable bonds is 6. The number of benzene rings is 1. The van der Waals surface area contributed by atoms with Crippen molar-refractivity contribution in [2.75, 3.05) is 12.8 Å². The van der Waals surface area contributed by atoms with Crippen LogP contribution < -0.4 is 10.5 Å². The lowest BCUT2D eigenvalue weighted by Crippen LogP contribution is -2.45. The number of piperidine rings is 1. The third-order valence-corrected chi connectivity index (χ3v) is 8.99. The quantitative estimate of drug-likeness (QED) is 0.326. The van der Waals surface area contributed by atoms with E-state index in [1.165, 1.54) is 0 Å². The molecule has 9 nitrogen and oxygen atoms in total. The van der Waals surface area contributed by atoms with E-state index in [0.29, 0.717) is 29.2 Å². The van der Waals surface area contributed by atoms with E-state index in [1.807, 2.05) is 43.5 Å². The van der Waals surface area contributed by atoms with Crippen LogP contribution >= 0.6 is 15.9 Å². The number of fused-ring (bicyclic) bond motifs is 3. The summed E-state index contributed by atoms with van der Waals surface area (Å²) in [6, 6.07) is 10.1. The number of amides is 1. The van der Waals surface area contributed by atoms with Gasteiger partial charge in [-0.3, -0.25) is 9.78 Å². The number of aliphatic hydroxyl groups is 1. The Kier molecular flexibility index (Phi) is 6.76. The number of nitrogens with zero attached hydrogens (tertiary/aromatic N) is 5. The molecule has 10 heteroatoms. The fourth-order valence-electron chi connectivity index (χ4n) is 6.26. The van der Waals surface area contributed by atoms with Crippen molar-refractivity contribution in [2.45, 2.75) is 63.6 Å². The van der Waals surface area contributed by atoms with E-state index in [0.717, 1.165) is 58.2 Å². The van der Waals surface area contributed by atoms with Crippen LogP contribution in [0, 0.1) is 0 Å². The van der Waals surface area contributed by atoms with Gasteiger partial charge in [-0.1, -0.05) is 13.0 Å². The molecule has 1 amide bonds. The second-order valence-corrected chi connectivity index (χ2v) is 11.1. The van der Waals surface area contributed by atoms with Gasteiger partial charge < -0.3 is 20.5 Å². The van der Waals surface area contributed by atoms with E-state index < -0.39 is 0 Å². The molecule has 2 fully saturated rings. The van der Waals surface area contributed by atoms with Crippen LogP contribution in [-0.2, 0) is 11.4 Å². The Morgan fingerprint density at radius 2 is 1.90 bits per heavy atom. The summed E-state index contributed by atoms with van der Waals surface area (Å²) in [6.07, 6.45) is 8.00. The third-order valence-electron chi connectivity index (χ3n) is 8.18. The van der Waals surface area contributed by atoms with E-state index in [2.05, 4.69) is 25.9 Å². The van der Waals surface area contributed by atoms with Crippen molar-refractivity contribution in [3.05, 3.63) is 58.5 Å². The number of halogens is 1. The van der Waals surface area contributed by atoms with Gasteiger partial charge >= 0.3 is 0 Å². The van der Waals surface area contributed by atoms with Crippen LogP contribution in [0.4, 0.5) is 5.82 Å². The van der Waals surface area contributed by atoms with Crippen LogP contribution in [0.15, 0.2) is 47.2 Å². The first-order valence-corrected chi connectivity index (χ1v) is 14.1. The maximum absolute atomic E-state index is 12.6. The number of nitrogen functional groups attached to an aromatic ring is 1. The number of hydrogen-bond acceptors (Lipinski definition) is 7. The lowest BCUT2D eigenvalue weighted by atomic mass is 9.87. The number of carbonyl (C=O) groups excluding carboxylic acids is 1. The number of hydrogen-bond donors (Lipinski definition) is 2. The van der Waals surface area contributed by atoms with Crippen LogP contribution in [-0.4, -0.2) is 54.7 Å². The molecule has 202 valence electrons. The van der Waals surface area contributed by atoms with Crippen LogP contribution in [0.3, 0.4) is 0 Å². The lowest BCUT2D eigenvalue weighted by Gasteiger charge is -2.39. The Morgan fingerprint density at radius 1 is 1.15 bits per heavy atom. The first-order chi connectivity index (χ1) is 18.9. The molecule has 2 aliphatic heterocycles. The molecule has 2 bridgehead atoms. The molecule has 0 radical (unpaired) electrons. The van der Waals surface area contributed by atoms with Gasteiger partial charge in [-0.25, -0.2) is 4.98 Å². The average Bonchev–Trinajstić information content (AvgIpc) is 3.52. The standard InChI is InChI=1S/C29H31BrN6O3/c1-3-25(38)35-20-6-7-21(35)12-18(11-20)27-26(30)28(31)36-29(34-27)22(14-33-36)17-4-8-23(32-13-17)16-5-9-24(39-2)19(10-16)15-37/h4-5,8-10,13-14,18,20-21,37H,3,6-7,11-12,15,31H2,1-2H3. The zero-order chi connectivity index (χ0) is 27.3. The molecule has 39 heavy (non-hydrogen) atoms. The molecule has 2 saturated heterocycles. The Balaban J connectivity index is 1.33. The van der Waals surface area contributed by atoms with E-state index in [9.17, 15) is 9.90 Å². The molecule has 5 heterocycles. The first kappa shape index (κ1) is 25.8. The Hall–Kier alpha value is -3.50. The molecule has 1 aromatic carbocycles. The Morgan fingerprint density at radius 3 is 2.54 bits per heavy atom. The number of anilines is 1. The van der Waals surface area contributed by atoms with Crippen molar-refractivity contribution in [3.63, 3.8) is 0 Å². The second kappa shape index (κ2) is 10.2. The van der Waals surface area contributed by atoms with Gasteiger partial charge in [0.1, 0.15) is 11.6 Å². The Bertz CT molecular complexity index is 1540. The largest absolute Gasteiger partial charge is 0.496 e. The number of carbonyl (C=O) groups is 1. The van der Waals surface area contributed by atoms with Crippen molar-refractivity contribution >= 4 is 33.3 Å². The van der Waals surface area contributed by atoms with Crippen molar-refractivity contribution in [1.82, 2.24) is 24.5 Å². The summed E-state index contributed by atoms with van der Waals surface area (Å²) in [5.41, 5.74) is 12.3. The van der Waals surface area contributed by atoms with Crippen molar-refractivity contribution in [1.29, 1.82) is 0 Å². The molecule has 4 aromatic rings. The molecule has 2 aliphatic rings. The highest BCUT2D eigenvalue weighted by atomic mass is 79.9. The van der Waals surface area contributed by atoms with Crippen LogP contribution in [0.2, 0.25) is 0 Å². The van der Waals surface area contributed by atoms with Crippen LogP contribution in [0.25, 0.3) is 28.0 Å². The zero-order valence-corrected chi connectivity index (χ0v) is 23.6. The number of methoxy groups -OCH3 is 1. The van der Waals surface area contributed by atoms with Crippen molar-refractivity contribution < 1.29 is 14.6 Å². The summed E-state index contributed by atoms with van der Waals surface area (Å²) < 4.78 is 7.76. The lowest BCUT2D eigenvalue weighted by molar-refractivity contribution is -0.135. The predicted molar refractivity (Wildman–Crippen MR) is 152 cm³/mol. The van der Waals surface area contributed by atoms with Gasteiger partial charge in [0.05, 0.1) is 35.8 Å². The highest BCUT2D eigenvalue weighted by Gasteiger charge is 2.44. The molecular weight excluding hydrogens is 560 g/mol. The number of aromatic nitrogens is 4. The summed E-state index contributed by atoms with van der Waals surface area (Å²) in [4.78, 5) is 24.5. The van der Waals surface area contributed by atoms with Crippen molar-refractivity contribution in [2.24, 2.45) is 0 Å². The van der Waals surface area contributed by atoms with Crippen LogP contribution in [0.1, 0.15) is 56.2 Å². The van der Waals surface area contributed by atoms with Crippen LogP contribution in [0.5, 0.6) is 5.75 Å². The summed E-state index contributed by atoms with van der Waals surface area (Å²) in [5, 5.41) is 14.2. The SMILES string of the molecule is CCC(=O)N1C2CCC1CC(c1nc3c(-c4ccc(-c5ccc(OC)c(CO)c5)nc4)cnn3c(N)c1Br)C2. The minimum absolute atomic E-state index is 0.113. The molecule has 2 atom stereocenters. The molecule has 0 spiro atoms. The van der Waals surface area contributed by atoms with Gasteiger partial charge in [0, 0.05) is 52.9 Å². The monoisotopic (exact) mass is 590 g/mol. The zero-order valence-electron chi connectivity index (χ0n) is 22.0. The second-order valence-electron chi connectivity index (χ2n) is 10.3. The average molecular weight is 592 g/mol. The normalized spacial score (nSPS) is 20.5. The van der Waals surface area contributed by atoms with E-state index in [1.54, 1.807) is 17.8 Å². The predicted octanol–water partition coefficient (Wildman–Crippen LogP) is 4.95. The minimum atomic E-state index is -0.113. The Labute approximate surface area is 235 Å². The van der Waals surface area contributed by atoms with Gasteiger partial charge in [0.25, 0.3) is 0 Å². The van der Waals surface area contributed by atoms with Gasteiger partial charge in [-0.2, -0.15) is 9.61 Å². The number of pyridine rings is 1. The third kappa shape index (κ3) is 4.35. The highest BCUT2D eigenvalue weighted by Crippen LogP contribution is 2.45.